The summed E-state index contributed by atoms with van der Waals surface area (Å²) in [4.78, 5) is 10.2. The summed E-state index contributed by atoms with van der Waals surface area (Å²) in [6, 6.07) is 6.59. The molecule has 0 spiro atoms. The number of nitro benzene ring substituents is 1. The molecule has 0 heterocycles. The monoisotopic (exact) mass is 292 g/mol. The molecule has 2 N–H and O–H groups in total. The molecule has 1 aliphatic rings. The van der Waals surface area contributed by atoms with Gasteiger partial charge in [-0.15, -0.1) is 0 Å². The van der Waals surface area contributed by atoms with E-state index in [1.807, 2.05) is 0 Å². The number of benzene rings is 1. The van der Waals surface area contributed by atoms with Crippen molar-refractivity contribution < 1.29 is 10.0 Å². The van der Waals surface area contributed by atoms with Gasteiger partial charge in [0.1, 0.15) is 0 Å². The maximum atomic E-state index is 10.6. The van der Waals surface area contributed by atoms with E-state index in [0.717, 1.165) is 12.0 Å². The number of nitro groups is 1. The third-order valence-corrected chi connectivity index (χ3v) is 4.42. The first kappa shape index (κ1) is 15.9. The predicted octanol–water partition coefficient (Wildman–Crippen LogP) is 3.19. The lowest BCUT2D eigenvalue weighted by Crippen LogP contribution is -2.37. The number of rotatable bonds is 5. The molecule has 1 aliphatic carbocycles. The molecule has 5 heteroatoms. The van der Waals surface area contributed by atoms with Gasteiger partial charge >= 0.3 is 0 Å². The summed E-state index contributed by atoms with van der Waals surface area (Å²) in [6.07, 6.45) is 5.62. The third-order valence-electron chi connectivity index (χ3n) is 4.42. The number of nitrogens with one attached hydrogen (secondary N) is 1. The lowest BCUT2D eigenvalue weighted by atomic mass is 9.96. The van der Waals surface area contributed by atoms with Crippen LogP contribution in [0.5, 0.6) is 0 Å². The van der Waals surface area contributed by atoms with Crippen molar-refractivity contribution in [2.75, 3.05) is 6.54 Å². The van der Waals surface area contributed by atoms with Gasteiger partial charge in [-0.3, -0.25) is 10.1 Å². The summed E-state index contributed by atoms with van der Waals surface area (Å²) < 4.78 is 0. The summed E-state index contributed by atoms with van der Waals surface area (Å²) in [5, 5.41) is 24.3. The summed E-state index contributed by atoms with van der Waals surface area (Å²) in [5.74, 6) is 0.636. The fraction of sp³-hybridized carbons (Fsp3) is 0.625. The van der Waals surface area contributed by atoms with Crippen LogP contribution in [0.4, 0.5) is 5.69 Å². The van der Waals surface area contributed by atoms with Crippen LogP contribution in [0.3, 0.4) is 0 Å². The predicted molar refractivity (Wildman–Crippen MR) is 82.1 cm³/mol. The zero-order valence-corrected chi connectivity index (χ0v) is 12.5. The second kappa shape index (κ2) is 7.52. The van der Waals surface area contributed by atoms with Gasteiger partial charge in [0.05, 0.1) is 11.0 Å². The maximum absolute atomic E-state index is 10.6. The van der Waals surface area contributed by atoms with Crippen LogP contribution in [0.25, 0.3) is 0 Å². The van der Waals surface area contributed by atoms with E-state index in [0.29, 0.717) is 18.5 Å². The first-order chi connectivity index (χ1) is 10.1. The molecule has 5 nitrogen and oxygen atoms in total. The van der Waals surface area contributed by atoms with Gasteiger partial charge in [-0.25, -0.2) is 0 Å². The Morgan fingerprint density at radius 2 is 1.95 bits per heavy atom. The zero-order chi connectivity index (χ0) is 15.2. The van der Waals surface area contributed by atoms with Gasteiger partial charge in [-0.05, 0) is 36.5 Å². The Morgan fingerprint density at radius 1 is 1.29 bits per heavy atom. The zero-order valence-electron chi connectivity index (χ0n) is 12.5. The maximum Gasteiger partial charge on any atom is 0.269 e. The molecule has 116 valence electrons. The molecule has 0 bridgehead atoms. The fourth-order valence-electron chi connectivity index (χ4n) is 3.00. The molecule has 1 aromatic carbocycles. The van der Waals surface area contributed by atoms with E-state index in [1.165, 1.54) is 37.8 Å². The number of hydrogen-bond donors (Lipinski definition) is 2. The van der Waals surface area contributed by atoms with Crippen LogP contribution < -0.4 is 5.32 Å². The highest BCUT2D eigenvalue weighted by Crippen LogP contribution is 2.24. The largest absolute Gasteiger partial charge is 0.387 e. The minimum absolute atomic E-state index is 0.0521. The molecule has 2 rings (SSSR count). The van der Waals surface area contributed by atoms with Gasteiger partial charge in [-0.1, -0.05) is 26.2 Å². The number of nitrogens with zero attached hydrogens (tertiary/aromatic N) is 1. The van der Waals surface area contributed by atoms with Gasteiger partial charge in [0, 0.05) is 24.7 Å². The Hall–Kier alpha value is -1.46. The van der Waals surface area contributed by atoms with Crippen molar-refractivity contribution in [3.05, 3.63) is 39.9 Å². The summed E-state index contributed by atoms with van der Waals surface area (Å²) >= 11 is 0. The van der Waals surface area contributed by atoms with Crippen LogP contribution in [0.1, 0.15) is 50.7 Å². The molecular weight excluding hydrogens is 268 g/mol. The van der Waals surface area contributed by atoms with E-state index in [1.54, 1.807) is 12.1 Å². The minimum Gasteiger partial charge on any atom is -0.387 e. The van der Waals surface area contributed by atoms with E-state index in [9.17, 15) is 15.2 Å². The van der Waals surface area contributed by atoms with E-state index < -0.39 is 11.0 Å². The van der Waals surface area contributed by atoms with Crippen molar-refractivity contribution in [1.82, 2.24) is 5.32 Å². The standard InChI is InChI=1S/C16H24N2O3/c1-12-5-3-2-4-6-15(12)17-11-16(19)13-7-9-14(10-8-13)18(20)21/h7-10,12,15-17,19H,2-6,11H2,1H3. The van der Waals surface area contributed by atoms with Gasteiger partial charge in [0.25, 0.3) is 5.69 Å². The van der Waals surface area contributed by atoms with Crippen LogP contribution in [0.2, 0.25) is 0 Å². The average Bonchev–Trinajstić information content (AvgIpc) is 2.69. The molecule has 0 saturated heterocycles. The van der Waals surface area contributed by atoms with Gasteiger partial charge < -0.3 is 10.4 Å². The van der Waals surface area contributed by atoms with Crippen molar-refractivity contribution in [1.29, 1.82) is 0 Å². The second-order valence-corrected chi connectivity index (χ2v) is 5.99. The molecule has 3 atom stereocenters. The Labute approximate surface area is 125 Å². The minimum atomic E-state index is -0.624. The van der Waals surface area contributed by atoms with Crippen molar-refractivity contribution in [3.8, 4) is 0 Å². The Balaban J connectivity index is 1.88. The molecule has 0 radical (unpaired) electrons. The number of non-ortho nitro benzene ring substituents is 1. The number of aliphatic hydroxyl groups excluding tert-OH is 1. The van der Waals surface area contributed by atoms with Crippen molar-refractivity contribution in [2.24, 2.45) is 5.92 Å². The average molecular weight is 292 g/mol. The topological polar surface area (TPSA) is 75.4 Å². The van der Waals surface area contributed by atoms with Crippen molar-refractivity contribution in [3.63, 3.8) is 0 Å². The Bertz CT molecular complexity index is 461. The first-order valence-corrected chi connectivity index (χ1v) is 7.73. The molecule has 0 aliphatic heterocycles. The third kappa shape index (κ3) is 4.51. The normalized spacial score (nSPS) is 24.3. The van der Waals surface area contributed by atoms with Crippen LogP contribution in [-0.2, 0) is 0 Å². The van der Waals surface area contributed by atoms with Crippen LogP contribution in [0, 0.1) is 16.0 Å². The smallest absolute Gasteiger partial charge is 0.269 e. The van der Waals surface area contributed by atoms with Gasteiger partial charge in [0.2, 0.25) is 0 Å². The lowest BCUT2D eigenvalue weighted by Gasteiger charge is -2.24. The molecule has 21 heavy (non-hydrogen) atoms. The Kier molecular flexibility index (Phi) is 5.70. The van der Waals surface area contributed by atoms with Crippen LogP contribution >= 0.6 is 0 Å². The highest BCUT2D eigenvalue weighted by Gasteiger charge is 2.20. The molecule has 0 aromatic heterocycles. The van der Waals surface area contributed by atoms with E-state index in [4.69, 9.17) is 0 Å². The fourth-order valence-corrected chi connectivity index (χ4v) is 3.00. The highest BCUT2D eigenvalue weighted by atomic mass is 16.6. The number of aliphatic hydroxyl groups is 1. The summed E-state index contributed by atoms with van der Waals surface area (Å²) in [7, 11) is 0. The van der Waals surface area contributed by atoms with Crippen molar-refractivity contribution >= 4 is 5.69 Å². The van der Waals surface area contributed by atoms with E-state index in [-0.39, 0.29) is 5.69 Å². The van der Waals surface area contributed by atoms with Gasteiger partial charge in [0.15, 0.2) is 0 Å². The first-order valence-electron chi connectivity index (χ1n) is 7.73. The molecule has 1 saturated carbocycles. The molecule has 1 fully saturated rings. The van der Waals surface area contributed by atoms with Crippen LogP contribution in [-0.4, -0.2) is 22.6 Å². The Morgan fingerprint density at radius 3 is 2.62 bits per heavy atom. The van der Waals surface area contributed by atoms with E-state index >= 15 is 0 Å². The SMILES string of the molecule is CC1CCCCCC1NCC(O)c1ccc([N+](=O)[O-])cc1. The highest BCUT2D eigenvalue weighted by molar-refractivity contribution is 5.33. The molecule has 1 aromatic rings. The van der Waals surface area contributed by atoms with Gasteiger partial charge in [-0.2, -0.15) is 0 Å². The quantitative estimate of drug-likeness (QED) is 0.496. The van der Waals surface area contributed by atoms with Crippen molar-refractivity contribution in [2.45, 2.75) is 51.2 Å². The lowest BCUT2D eigenvalue weighted by molar-refractivity contribution is -0.384. The molecular formula is C16H24N2O3. The van der Waals surface area contributed by atoms with E-state index in [2.05, 4.69) is 12.2 Å². The number of hydrogen-bond acceptors (Lipinski definition) is 4. The molecule has 0 amide bonds. The second-order valence-electron chi connectivity index (χ2n) is 5.99. The van der Waals surface area contributed by atoms with Crippen LogP contribution in [0.15, 0.2) is 24.3 Å². The summed E-state index contributed by atoms with van der Waals surface area (Å²) in [5.41, 5.74) is 0.769. The molecule has 3 unspecified atom stereocenters. The summed E-state index contributed by atoms with van der Waals surface area (Å²) in [6.45, 7) is 2.76.